The van der Waals surface area contributed by atoms with Crippen molar-refractivity contribution in [3.05, 3.63) is 29.8 Å². The Labute approximate surface area is 103 Å². The SMILES string of the molecule is CC(=O)CS(=O)(=O)c1ccc(C(C)(C)C)cc1. The summed E-state index contributed by atoms with van der Waals surface area (Å²) in [5.41, 5.74) is 1.06. The Kier molecular flexibility index (Phi) is 3.77. The normalized spacial score (nSPS) is 12.5. The van der Waals surface area contributed by atoms with E-state index >= 15 is 0 Å². The number of ketones is 1. The summed E-state index contributed by atoms with van der Waals surface area (Å²) in [5, 5.41) is 0. The third-order valence-corrected chi connectivity index (χ3v) is 4.25. The summed E-state index contributed by atoms with van der Waals surface area (Å²) in [5.74, 6) is -0.771. The molecule has 0 amide bonds. The van der Waals surface area contributed by atoms with Crippen LogP contribution in [0.15, 0.2) is 29.2 Å². The number of carbonyl (C=O) groups excluding carboxylic acids is 1. The fraction of sp³-hybridized carbons (Fsp3) is 0.462. The molecule has 0 aliphatic rings. The molecular formula is C13H18O3S. The monoisotopic (exact) mass is 254 g/mol. The first-order chi connectivity index (χ1) is 7.63. The molecule has 0 spiro atoms. The Morgan fingerprint density at radius 1 is 1.12 bits per heavy atom. The average molecular weight is 254 g/mol. The van der Waals surface area contributed by atoms with Crippen molar-refractivity contribution in [2.24, 2.45) is 0 Å². The fourth-order valence-corrected chi connectivity index (χ4v) is 2.77. The van der Waals surface area contributed by atoms with E-state index in [0.29, 0.717) is 0 Å². The van der Waals surface area contributed by atoms with Gasteiger partial charge in [0.15, 0.2) is 9.84 Å². The predicted octanol–water partition coefficient (Wildman–Crippen LogP) is 2.35. The molecule has 0 saturated heterocycles. The molecule has 0 saturated carbocycles. The van der Waals surface area contributed by atoms with E-state index in [9.17, 15) is 13.2 Å². The van der Waals surface area contributed by atoms with E-state index in [0.717, 1.165) is 5.56 Å². The van der Waals surface area contributed by atoms with E-state index < -0.39 is 15.6 Å². The maximum absolute atomic E-state index is 11.8. The highest BCUT2D eigenvalue weighted by molar-refractivity contribution is 7.92. The van der Waals surface area contributed by atoms with Crippen LogP contribution in [0, 0.1) is 0 Å². The Hall–Kier alpha value is -1.16. The molecule has 4 heteroatoms. The lowest BCUT2D eigenvalue weighted by molar-refractivity contribution is -0.114. The molecule has 0 fully saturated rings. The lowest BCUT2D eigenvalue weighted by atomic mass is 9.87. The van der Waals surface area contributed by atoms with Gasteiger partial charge in [0, 0.05) is 0 Å². The highest BCUT2D eigenvalue weighted by Crippen LogP contribution is 2.23. The quantitative estimate of drug-likeness (QED) is 0.832. The molecule has 1 aromatic carbocycles. The Balaban J connectivity index is 3.08. The summed E-state index contributed by atoms with van der Waals surface area (Å²) in [7, 11) is -3.47. The number of hydrogen-bond donors (Lipinski definition) is 0. The minimum Gasteiger partial charge on any atom is -0.299 e. The number of benzene rings is 1. The largest absolute Gasteiger partial charge is 0.299 e. The van der Waals surface area contributed by atoms with E-state index in [2.05, 4.69) is 20.8 Å². The van der Waals surface area contributed by atoms with Crippen LogP contribution in [0.5, 0.6) is 0 Å². The Bertz CT molecular complexity index is 505. The van der Waals surface area contributed by atoms with E-state index in [4.69, 9.17) is 0 Å². The van der Waals surface area contributed by atoms with Gasteiger partial charge in [-0.25, -0.2) is 8.42 Å². The van der Waals surface area contributed by atoms with Crippen LogP contribution in [0.4, 0.5) is 0 Å². The molecular weight excluding hydrogens is 236 g/mol. The van der Waals surface area contributed by atoms with Gasteiger partial charge in [0.2, 0.25) is 0 Å². The molecule has 0 unspecified atom stereocenters. The zero-order valence-electron chi connectivity index (χ0n) is 10.6. The Morgan fingerprint density at radius 3 is 1.94 bits per heavy atom. The molecule has 0 aliphatic heterocycles. The van der Waals surface area contributed by atoms with Gasteiger partial charge in [-0.15, -0.1) is 0 Å². The van der Waals surface area contributed by atoms with Crippen molar-refractivity contribution < 1.29 is 13.2 Å². The molecule has 1 aromatic rings. The molecule has 0 N–H and O–H groups in total. The van der Waals surface area contributed by atoms with Crippen LogP contribution < -0.4 is 0 Å². The van der Waals surface area contributed by atoms with Crippen molar-refractivity contribution in [3.8, 4) is 0 Å². The van der Waals surface area contributed by atoms with Crippen LogP contribution in [-0.4, -0.2) is 20.0 Å². The number of rotatable bonds is 3. The molecule has 0 aromatic heterocycles. The van der Waals surface area contributed by atoms with Crippen molar-refractivity contribution in [3.63, 3.8) is 0 Å². The van der Waals surface area contributed by atoms with Crippen molar-refractivity contribution in [2.75, 3.05) is 5.75 Å². The van der Waals surface area contributed by atoms with Gasteiger partial charge in [-0.2, -0.15) is 0 Å². The summed E-state index contributed by atoms with van der Waals surface area (Å²) < 4.78 is 23.6. The van der Waals surface area contributed by atoms with Crippen molar-refractivity contribution in [2.45, 2.75) is 38.0 Å². The maximum atomic E-state index is 11.8. The van der Waals surface area contributed by atoms with Gasteiger partial charge < -0.3 is 0 Å². The van der Waals surface area contributed by atoms with Gasteiger partial charge in [0.1, 0.15) is 11.5 Å². The minimum absolute atomic E-state index is 0.0110. The van der Waals surface area contributed by atoms with E-state index in [1.54, 1.807) is 24.3 Å². The second kappa shape index (κ2) is 4.61. The lowest BCUT2D eigenvalue weighted by Crippen LogP contribution is -2.15. The predicted molar refractivity (Wildman–Crippen MR) is 67.9 cm³/mol. The first-order valence-electron chi connectivity index (χ1n) is 5.46. The highest BCUT2D eigenvalue weighted by atomic mass is 32.2. The summed E-state index contributed by atoms with van der Waals surface area (Å²) in [6, 6.07) is 6.73. The molecule has 3 nitrogen and oxygen atoms in total. The van der Waals surface area contributed by atoms with Crippen LogP contribution in [-0.2, 0) is 20.0 Å². The van der Waals surface area contributed by atoms with Crippen LogP contribution in [0.1, 0.15) is 33.3 Å². The molecule has 17 heavy (non-hydrogen) atoms. The van der Waals surface area contributed by atoms with E-state index in [-0.39, 0.29) is 16.1 Å². The van der Waals surface area contributed by atoms with Gasteiger partial charge in [0.05, 0.1) is 4.90 Å². The number of sulfone groups is 1. The van der Waals surface area contributed by atoms with Crippen LogP contribution in [0.2, 0.25) is 0 Å². The molecule has 94 valence electrons. The lowest BCUT2D eigenvalue weighted by Gasteiger charge is -2.19. The zero-order valence-corrected chi connectivity index (χ0v) is 11.5. The molecule has 0 aliphatic carbocycles. The summed E-state index contributed by atoms with van der Waals surface area (Å²) in [6.45, 7) is 7.46. The number of carbonyl (C=O) groups is 1. The molecule has 0 heterocycles. The first kappa shape index (κ1) is 13.9. The second-order valence-corrected chi connectivity index (χ2v) is 7.23. The van der Waals surface area contributed by atoms with Crippen LogP contribution in [0.3, 0.4) is 0 Å². The van der Waals surface area contributed by atoms with Gasteiger partial charge >= 0.3 is 0 Å². The van der Waals surface area contributed by atoms with Gasteiger partial charge in [-0.05, 0) is 30.0 Å². The van der Waals surface area contributed by atoms with E-state index in [1.165, 1.54) is 6.92 Å². The van der Waals surface area contributed by atoms with Gasteiger partial charge in [-0.3, -0.25) is 4.79 Å². The Morgan fingerprint density at radius 2 is 1.59 bits per heavy atom. The summed E-state index contributed by atoms with van der Waals surface area (Å²) in [4.78, 5) is 11.1. The maximum Gasteiger partial charge on any atom is 0.185 e. The fourth-order valence-electron chi connectivity index (χ4n) is 1.51. The smallest absolute Gasteiger partial charge is 0.185 e. The third-order valence-electron chi connectivity index (χ3n) is 2.47. The molecule has 0 bridgehead atoms. The molecule has 1 rings (SSSR count). The summed E-state index contributed by atoms with van der Waals surface area (Å²) >= 11 is 0. The second-order valence-electron chi connectivity index (χ2n) is 5.24. The van der Waals surface area contributed by atoms with Crippen molar-refractivity contribution >= 4 is 15.6 Å². The number of Topliss-reactive ketones (excluding diaryl/α,β-unsaturated/α-hetero) is 1. The zero-order chi connectivity index (χ0) is 13.3. The van der Waals surface area contributed by atoms with Crippen molar-refractivity contribution in [1.82, 2.24) is 0 Å². The highest BCUT2D eigenvalue weighted by Gasteiger charge is 2.18. The standard InChI is InChI=1S/C13H18O3S/c1-10(14)9-17(15,16)12-7-5-11(6-8-12)13(2,3)4/h5-8H,9H2,1-4H3. The number of hydrogen-bond acceptors (Lipinski definition) is 3. The first-order valence-corrected chi connectivity index (χ1v) is 7.11. The van der Waals surface area contributed by atoms with Crippen LogP contribution in [0.25, 0.3) is 0 Å². The third kappa shape index (κ3) is 3.66. The van der Waals surface area contributed by atoms with Crippen molar-refractivity contribution in [1.29, 1.82) is 0 Å². The molecule has 0 radical (unpaired) electrons. The summed E-state index contributed by atoms with van der Waals surface area (Å²) in [6.07, 6.45) is 0. The minimum atomic E-state index is -3.47. The van der Waals surface area contributed by atoms with Gasteiger partial charge in [0.25, 0.3) is 0 Å². The molecule has 0 atom stereocenters. The van der Waals surface area contributed by atoms with Gasteiger partial charge in [-0.1, -0.05) is 32.9 Å². The average Bonchev–Trinajstić information content (AvgIpc) is 2.14. The topological polar surface area (TPSA) is 51.2 Å². The van der Waals surface area contributed by atoms with E-state index in [1.807, 2.05) is 0 Å². The van der Waals surface area contributed by atoms with Crippen LogP contribution >= 0.6 is 0 Å².